The number of anilines is 1. The maximum atomic E-state index is 13.4. The molecule has 12 heteroatoms. The SMILES string of the molecule is COc1cc(C2/C(=C(\O)c3ccncc3)C(=O)C(=O)N2c2nnc(SCc3ccc(C)cc3)s2)cc(Br)c1O. The third-order valence-corrected chi connectivity index (χ3v) is 8.80. The van der Waals surface area contributed by atoms with Crippen molar-refractivity contribution in [1.29, 1.82) is 0 Å². The van der Waals surface area contributed by atoms with E-state index in [1.165, 1.54) is 71.3 Å². The fraction of sp³-hybridized carbons (Fsp3) is 0.148. The second-order valence-corrected chi connectivity index (χ2v) is 11.6. The van der Waals surface area contributed by atoms with Crippen LogP contribution in [-0.2, 0) is 15.3 Å². The molecule has 1 unspecified atom stereocenters. The smallest absolute Gasteiger partial charge is 0.301 e. The van der Waals surface area contributed by atoms with Gasteiger partial charge in [-0.05, 0) is 58.2 Å². The number of aliphatic hydroxyl groups is 1. The number of nitrogens with zero attached hydrogens (tertiary/aromatic N) is 4. The van der Waals surface area contributed by atoms with Gasteiger partial charge in [-0.2, -0.15) is 0 Å². The van der Waals surface area contributed by atoms with E-state index in [-0.39, 0.29) is 32.4 Å². The second-order valence-electron chi connectivity index (χ2n) is 8.58. The summed E-state index contributed by atoms with van der Waals surface area (Å²) in [5, 5.41) is 30.2. The van der Waals surface area contributed by atoms with E-state index in [0.29, 0.717) is 21.2 Å². The summed E-state index contributed by atoms with van der Waals surface area (Å²) in [4.78, 5) is 32.0. The number of amides is 1. The zero-order valence-corrected chi connectivity index (χ0v) is 23.9. The average Bonchev–Trinajstić information content (AvgIpc) is 3.52. The van der Waals surface area contributed by atoms with Gasteiger partial charge in [-0.15, -0.1) is 10.2 Å². The van der Waals surface area contributed by atoms with Gasteiger partial charge in [-0.3, -0.25) is 19.5 Å². The highest BCUT2D eigenvalue weighted by atomic mass is 79.9. The van der Waals surface area contributed by atoms with Crippen molar-refractivity contribution in [2.45, 2.75) is 23.1 Å². The van der Waals surface area contributed by atoms with Crippen molar-refractivity contribution >= 4 is 61.6 Å². The van der Waals surface area contributed by atoms with E-state index in [1.807, 2.05) is 31.2 Å². The van der Waals surface area contributed by atoms with Gasteiger partial charge in [-0.1, -0.05) is 52.9 Å². The van der Waals surface area contributed by atoms with E-state index in [4.69, 9.17) is 4.74 Å². The highest BCUT2D eigenvalue weighted by Crippen LogP contribution is 2.47. The minimum atomic E-state index is -1.06. The van der Waals surface area contributed by atoms with Crippen molar-refractivity contribution in [2.75, 3.05) is 12.0 Å². The Bertz CT molecular complexity index is 1590. The normalized spacial score (nSPS) is 16.6. The quantitative estimate of drug-likeness (QED) is 0.0883. The molecule has 1 atom stereocenters. The first kappa shape index (κ1) is 26.9. The highest BCUT2D eigenvalue weighted by molar-refractivity contribution is 9.10. The Kier molecular flexibility index (Phi) is 7.69. The number of pyridine rings is 1. The summed E-state index contributed by atoms with van der Waals surface area (Å²) >= 11 is 5.95. The lowest BCUT2D eigenvalue weighted by molar-refractivity contribution is -0.132. The molecule has 4 aromatic rings. The van der Waals surface area contributed by atoms with Crippen molar-refractivity contribution < 1.29 is 24.5 Å². The average molecular weight is 626 g/mol. The largest absolute Gasteiger partial charge is 0.507 e. The number of aliphatic hydroxyl groups excluding tert-OH is 1. The lowest BCUT2D eigenvalue weighted by atomic mass is 9.95. The number of rotatable bonds is 7. The van der Waals surface area contributed by atoms with Crippen LogP contribution in [0.5, 0.6) is 11.5 Å². The maximum absolute atomic E-state index is 13.4. The molecule has 1 aliphatic rings. The molecule has 39 heavy (non-hydrogen) atoms. The Morgan fingerprint density at radius 2 is 1.85 bits per heavy atom. The number of halogens is 1. The van der Waals surface area contributed by atoms with Gasteiger partial charge < -0.3 is 14.9 Å². The number of methoxy groups -OCH3 is 1. The zero-order chi connectivity index (χ0) is 27.7. The van der Waals surface area contributed by atoms with E-state index in [1.54, 1.807) is 6.07 Å². The van der Waals surface area contributed by atoms with Crippen molar-refractivity contribution in [3.8, 4) is 11.5 Å². The molecule has 5 rings (SSSR count). The number of aromatic hydroxyl groups is 1. The first-order valence-corrected chi connectivity index (χ1v) is 14.2. The van der Waals surface area contributed by atoms with E-state index in [9.17, 15) is 19.8 Å². The molecule has 0 spiro atoms. The number of Topliss-reactive ketones (excluding diaryl/α,β-unsaturated/α-hetero) is 1. The number of thioether (sulfide) groups is 1. The number of carbonyl (C=O) groups excluding carboxylic acids is 2. The predicted molar refractivity (Wildman–Crippen MR) is 152 cm³/mol. The van der Waals surface area contributed by atoms with E-state index in [2.05, 4.69) is 31.1 Å². The number of ether oxygens (including phenoxy) is 1. The van der Waals surface area contributed by atoms with Crippen LogP contribution in [0.2, 0.25) is 0 Å². The molecule has 2 aromatic heterocycles. The molecule has 0 bridgehead atoms. The number of ketones is 1. The molecule has 1 amide bonds. The highest BCUT2D eigenvalue weighted by Gasteiger charge is 2.48. The van der Waals surface area contributed by atoms with Gasteiger partial charge in [0.05, 0.1) is 23.2 Å². The third-order valence-electron chi connectivity index (χ3n) is 6.07. The lowest BCUT2D eigenvalue weighted by Gasteiger charge is -2.23. The molecule has 0 aliphatic carbocycles. The molecule has 0 saturated carbocycles. The lowest BCUT2D eigenvalue weighted by Crippen LogP contribution is -2.29. The number of hydrogen-bond acceptors (Lipinski definition) is 10. The molecule has 0 radical (unpaired) electrons. The van der Waals surface area contributed by atoms with Crippen LogP contribution in [0.3, 0.4) is 0 Å². The summed E-state index contributed by atoms with van der Waals surface area (Å²) in [6, 6.07) is 13.2. The van der Waals surface area contributed by atoms with E-state index < -0.39 is 17.7 Å². The molecule has 198 valence electrons. The van der Waals surface area contributed by atoms with Gasteiger partial charge in [0.1, 0.15) is 5.76 Å². The molecule has 2 aromatic carbocycles. The fourth-order valence-corrected chi connectivity index (χ4v) is 6.39. The number of aromatic nitrogens is 3. The Morgan fingerprint density at radius 3 is 2.54 bits per heavy atom. The number of carbonyl (C=O) groups is 2. The Hall–Kier alpha value is -3.74. The summed E-state index contributed by atoms with van der Waals surface area (Å²) < 4.78 is 6.21. The van der Waals surface area contributed by atoms with Gasteiger partial charge in [0.15, 0.2) is 15.8 Å². The Labute approximate surface area is 240 Å². The second kappa shape index (κ2) is 11.2. The minimum Gasteiger partial charge on any atom is -0.507 e. The van der Waals surface area contributed by atoms with Crippen LogP contribution in [0, 0.1) is 6.92 Å². The summed E-state index contributed by atoms with van der Waals surface area (Å²) in [6.07, 6.45) is 2.95. The first-order chi connectivity index (χ1) is 18.8. The van der Waals surface area contributed by atoms with Crippen molar-refractivity contribution in [1.82, 2.24) is 15.2 Å². The van der Waals surface area contributed by atoms with Crippen molar-refractivity contribution in [2.24, 2.45) is 0 Å². The molecular formula is C27H21BrN4O5S2. The van der Waals surface area contributed by atoms with Crippen LogP contribution < -0.4 is 9.64 Å². The van der Waals surface area contributed by atoms with Crippen LogP contribution >= 0.6 is 39.0 Å². The number of phenols is 1. The number of hydrogen-bond donors (Lipinski definition) is 2. The Morgan fingerprint density at radius 1 is 1.13 bits per heavy atom. The monoisotopic (exact) mass is 624 g/mol. The van der Waals surface area contributed by atoms with Gasteiger partial charge >= 0.3 is 5.91 Å². The summed E-state index contributed by atoms with van der Waals surface area (Å²) in [7, 11) is 1.39. The van der Waals surface area contributed by atoms with Crippen LogP contribution in [0.4, 0.5) is 5.13 Å². The molecule has 1 fully saturated rings. The van der Waals surface area contributed by atoms with E-state index in [0.717, 1.165) is 5.56 Å². The first-order valence-electron chi connectivity index (χ1n) is 11.6. The number of aryl methyl sites for hydroxylation is 1. The summed E-state index contributed by atoms with van der Waals surface area (Å²) in [6.45, 7) is 2.02. The number of phenolic OH excluding ortho intramolecular Hbond substituents is 1. The number of benzene rings is 2. The van der Waals surface area contributed by atoms with Crippen LogP contribution in [0.25, 0.3) is 5.76 Å². The van der Waals surface area contributed by atoms with E-state index >= 15 is 0 Å². The van der Waals surface area contributed by atoms with Gasteiger partial charge in [-0.25, -0.2) is 0 Å². The van der Waals surface area contributed by atoms with Crippen molar-refractivity contribution in [3.05, 3.63) is 93.2 Å². The fourth-order valence-electron chi connectivity index (χ4n) is 4.11. The van der Waals surface area contributed by atoms with Crippen LogP contribution in [-0.4, -0.2) is 44.2 Å². The predicted octanol–water partition coefficient (Wildman–Crippen LogP) is 5.64. The topological polar surface area (TPSA) is 126 Å². The molecule has 3 heterocycles. The standard InChI is InChI=1S/C27H21BrN4O5S2/c1-14-3-5-15(6-4-14)13-38-27-31-30-26(39-27)32-21(17-11-18(28)23(34)19(12-17)37-2)20(24(35)25(32)36)22(33)16-7-9-29-10-8-16/h3-12,21,33-34H,13H2,1-2H3/b22-20+. The summed E-state index contributed by atoms with van der Waals surface area (Å²) in [5.41, 5.74) is 2.89. The van der Waals surface area contributed by atoms with Gasteiger partial charge in [0.2, 0.25) is 5.13 Å². The minimum absolute atomic E-state index is 0.125. The molecule has 2 N–H and O–H groups in total. The molecule has 1 aliphatic heterocycles. The third kappa shape index (κ3) is 5.27. The van der Waals surface area contributed by atoms with Crippen LogP contribution in [0.1, 0.15) is 28.3 Å². The molecular weight excluding hydrogens is 604 g/mol. The van der Waals surface area contributed by atoms with Crippen molar-refractivity contribution in [3.63, 3.8) is 0 Å². The Balaban J connectivity index is 1.58. The van der Waals surface area contributed by atoms with Crippen LogP contribution in [0.15, 0.2) is 75.3 Å². The van der Waals surface area contributed by atoms with Gasteiger partial charge in [0.25, 0.3) is 5.78 Å². The molecule has 1 saturated heterocycles. The maximum Gasteiger partial charge on any atom is 0.301 e. The zero-order valence-electron chi connectivity index (χ0n) is 20.7. The van der Waals surface area contributed by atoms with Gasteiger partial charge in [0, 0.05) is 23.7 Å². The summed E-state index contributed by atoms with van der Waals surface area (Å²) in [5.74, 6) is -1.45. The molecule has 9 nitrogen and oxygen atoms in total.